The van der Waals surface area contributed by atoms with Gasteiger partial charge in [-0.3, -0.25) is 0 Å². The summed E-state index contributed by atoms with van der Waals surface area (Å²) in [6.07, 6.45) is -0.0826. The first-order chi connectivity index (χ1) is 12.9. The van der Waals surface area contributed by atoms with Crippen molar-refractivity contribution in [3.63, 3.8) is 0 Å². The summed E-state index contributed by atoms with van der Waals surface area (Å²) in [6.45, 7) is 3.81. The van der Waals surface area contributed by atoms with Crippen LogP contribution in [0.1, 0.15) is 38.3 Å². The van der Waals surface area contributed by atoms with E-state index in [0.29, 0.717) is 17.4 Å². The van der Waals surface area contributed by atoms with E-state index >= 15 is 0 Å². The predicted octanol–water partition coefficient (Wildman–Crippen LogP) is 4.04. The Morgan fingerprint density at radius 1 is 0.926 bits per heavy atom. The molecule has 0 aliphatic carbocycles. The van der Waals surface area contributed by atoms with E-state index in [1.807, 2.05) is 26.0 Å². The second-order valence-corrected chi connectivity index (χ2v) is 7.37. The first kappa shape index (κ1) is 20.8. The number of hydrogen-bond acceptors (Lipinski definition) is 5. The number of alkyl halides is 1. The van der Waals surface area contributed by atoms with Crippen molar-refractivity contribution in [2.45, 2.75) is 31.2 Å². The molecule has 0 saturated heterocycles. The van der Waals surface area contributed by atoms with E-state index in [1.54, 1.807) is 36.4 Å². The van der Waals surface area contributed by atoms with Crippen LogP contribution in [0.15, 0.2) is 48.5 Å². The largest absolute Gasteiger partial charge is 0.461 e. The lowest BCUT2D eigenvalue weighted by molar-refractivity contribution is -0.109. The van der Waals surface area contributed by atoms with Crippen LogP contribution in [0.4, 0.5) is 0 Å². The Bertz CT molecular complexity index is 783. The van der Waals surface area contributed by atoms with Crippen LogP contribution in [-0.4, -0.2) is 35.8 Å². The van der Waals surface area contributed by atoms with Crippen molar-refractivity contribution in [1.82, 2.24) is 0 Å². The Balaban J connectivity index is 1.95. The number of carbonyl (C=O) groups excluding carboxylic acids is 3. The van der Waals surface area contributed by atoms with Gasteiger partial charge in [0.25, 0.3) is 0 Å². The smallest absolute Gasteiger partial charge is 0.338 e. The molecule has 2 rings (SSSR count). The van der Waals surface area contributed by atoms with Crippen molar-refractivity contribution >= 4 is 34.2 Å². The maximum absolute atomic E-state index is 12.3. The van der Waals surface area contributed by atoms with Gasteiger partial charge >= 0.3 is 11.9 Å². The molecule has 0 aliphatic heterocycles. The van der Waals surface area contributed by atoms with Crippen LogP contribution in [-0.2, 0) is 14.3 Å². The minimum absolute atomic E-state index is 0.00436. The van der Waals surface area contributed by atoms with Gasteiger partial charge in [0.15, 0.2) is 0 Å². The fourth-order valence-corrected chi connectivity index (χ4v) is 2.75. The van der Waals surface area contributed by atoms with Crippen molar-refractivity contribution < 1.29 is 23.9 Å². The highest BCUT2D eigenvalue weighted by molar-refractivity contribution is 9.09. The summed E-state index contributed by atoms with van der Waals surface area (Å²) in [4.78, 5) is 34.8. The third kappa shape index (κ3) is 6.32. The third-order valence-electron chi connectivity index (χ3n) is 3.94. The Morgan fingerprint density at radius 2 is 1.41 bits per heavy atom. The highest BCUT2D eigenvalue weighted by Crippen LogP contribution is 2.17. The standard InChI is InChI=1S/C21H21BrO5/c1-14-3-7-16(8-4-14)20(24)26-13-18(22)19(11-12-23)27-21(25)17-9-5-15(2)6-10-17/h3-10,12,18-19H,11,13H2,1-2H3/t18-,19-/m1/s1. The van der Waals surface area contributed by atoms with E-state index < -0.39 is 22.9 Å². The molecule has 142 valence electrons. The third-order valence-corrected chi connectivity index (χ3v) is 4.79. The predicted molar refractivity (Wildman–Crippen MR) is 105 cm³/mol. The molecule has 0 aromatic heterocycles. The van der Waals surface area contributed by atoms with Crippen LogP contribution in [0.5, 0.6) is 0 Å². The van der Waals surface area contributed by atoms with Crippen LogP contribution in [0.2, 0.25) is 0 Å². The summed E-state index contributed by atoms with van der Waals surface area (Å²) >= 11 is 3.36. The summed E-state index contributed by atoms with van der Waals surface area (Å²) in [5, 5.41) is 0. The summed E-state index contributed by atoms with van der Waals surface area (Å²) in [7, 11) is 0. The SMILES string of the molecule is Cc1ccc(C(=O)OC[C@@H](Br)[C@@H](CC=O)OC(=O)c2ccc(C)cc2)cc1. The molecule has 0 spiro atoms. The lowest BCUT2D eigenvalue weighted by Gasteiger charge is -2.21. The first-order valence-corrected chi connectivity index (χ1v) is 9.41. The fourth-order valence-electron chi connectivity index (χ4n) is 2.30. The zero-order valence-electron chi connectivity index (χ0n) is 15.2. The molecule has 0 bridgehead atoms. The van der Waals surface area contributed by atoms with Crippen LogP contribution in [0, 0.1) is 13.8 Å². The molecular weight excluding hydrogens is 412 g/mol. The number of aldehydes is 1. The quantitative estimate of drug-likeness (QED) is 0.357. The molecule has 27 heavy (non-hydrogen) atoms. The van der Waals surface area contributed by atoms with Gasteiger partial charge in [0.2, 0.25) is 0 Å². The zero-order chi connectivity index (χ0) is 19.8. The van der Waals surface area contributed by atoms with Crippen molar-refractivity contribution in [2.75, 3.05) is 6.61 Å². The Kier molecular flexibility index (Phi) is 7.73. The Morgan fingerprint density at radius 3 is 1.89 bits per heavy atom. The van der Waals surface area contributed by atoms with Gasteiger partial charge in [-0.05, 0) is 38.1 Å². The molecule has 2 aromatic rings. The van der Waals surface area contributed by atoms with Gasteiger partial charge < -0.3 is 14.3 Å². The zero-order valence-corrected chi connectivity index (χ0v) is 16.8. The van der Waals surface area contributed by atoms with Gasteiger partial charge in [0, 0.05) is 6.42 Å². The Hall–Kier alpha value is -2.47. The lowest BCUT2D eigenvalue weighted by Crippen LogP contribution is -2.32. The van der Waals surface area contributed by atoms with Crippen molar-refractivity contribution in [3.8, 4) is 0 Å². The van der Waals surface area contributed by atoms with E-state index in [9.17, 15) is 14.4 Å². The monoisotopic (exact) mass is 432 g/mol. The van der Waals surface area contributed by atoms with E-state index in [1.165, 1.54) is 0 Å². The summed E-state index contributed by atoms with van der Waals surface area (Å²) in [5.74, 6) is -1.01. The average molecular weight is 433 g/mol. The Labute approximate surface area is 166 Å². The van der Waals surface area contributed by atoms with E-state index in [-0.39, 0.29) is 13.0 Å². The van der Waals surface area contributed by atoms with Crippen LogP contribution in [0.25, 0.3) is 0 Å². The number of benzene rings is 2. The molecule has 6 heteroatoms. The molecule has 2 atom stereocenters. The summed E-state index contributed by atoms with van der Waals surface area (Å²) in [6, 6.07) is 13.9. The topological polar surface area (TPSA) is 69.7 Å². The molecule has 2 aromatic carbocycles. The second kappa shape index (κ2) is 10.0. The number of hydrogen-bond donors (Lipinski definition) is 0. The van der Waals surface area contributed by atoms with E-state index in [2.05, 4.69) is 15.9 Å². The van der Waals surface area contributed by atoms with Gasteiger partial charge in [0.05, 0.1) is 16.0 Å². The molecule has 5 nitrogen and oxygen atoms in total. The van der Waals surface area contributed by atoms with Crippen molar-refractivity contribution in [1.29, 1.82) is 0 Å². The molecular formula is C21H21BrO5. The van der Waals surface area contributed by atoms with Crippen LogP contribution in [0.3, 0.4) is 0 Å². The lowest BCUT2D eigenvalue weighted by atomic mass is 10.1. The molecule has 0 radical (unpaired) electrons. The van der Waals surface area contributed by atoms with Gasteiger partial charge in [-0.1, -0.05) is 51.3 Å². The number of carbonyl (C=O) groups is 3. The van der Waals surface area contributed by atoms with Crippen LogP contribution < -0.4 is 0 Å². The van der Waals surface area contributed by atoms with Gasteiger partial charge in [-0.25, -0.2) is 9.59 Å². The number of rotatable bonds is 8. The normalized spacial score (nSPS) is 12.7. The van der Waals surface area contributed by atoms with Gasteiger partial charge in [0.1, 0.15) is 19.0 Å². The molecule has 0 unspecified atom stereocenters. The molecule has 0 N–H and O–H groups in total. The van der Waals surface area contributed by atoms with Gasteiger partial charge in [-0.15, -0.1) is 0 Å². The minimum atomic E-state index is -0.748. The number of esters is 2. The van der Waals surface area contributed by atoms with Crippen molar-refractivity contribution in [3.05, 3.63) is 70.8 Å². The number of aryl methyl sites for hydroxylation is 2. The highest BCUT2D eigenvalue weighted by atomic mass is 79.9. The van der Waals surface area contributed by atoms with Gasteiger partial charge in [-0.2, -0.15) is 0 Å². The van der Waals surface area contributed by atoms with Crippen molar-refractivity contribution in [2.24, 2.45) is 0 Å². The molecule has 0 amide bonds. The number of halogens is 1. The number of ether oxygens (including phenoxy) is 2. The maximum atomic E-state index is 12.3. The van der Waals surface area contributed by atoms with Crippen LogP contribution >= 0.6 is 15.9 Å². The van der Waals surface area contributed by atoms with E-state index in [0.717, 1.165) is 11.1 Å². The summed E-state index contributed by atoms with van der Waals surface area (Å²) < 4.78 is 10.7. The first-order valence-electron chi connectivity index (χ1n) is 8.50. The fraction of sp³-hybridized carbons (Fsp3) is 0.286. The van der Waals surface area contributed by atoms with E-state index in [4.69, 9.17) is 9.47 Å². The minimum Gasteiger partial charge on any atom is -0.461 e. The maximum Gasteiger partial charge on any atom is 0.338 e. The molecule has 0 fully saturated rings. The average Bonchev–Trinajstić information content (AvgIpc) is 2.66. The molecule has 0 heterocycles. The second-order valence-electron chi connectivity index (χ2n) is 6.19. The summed E-state index contributed by atoms with van der Waals surface area (Å²) in [5.41, 5.74) is 2.90. The molecule has 0 saturated carbocycles. The molecule has 0 aliphatic rings. The highest BCUT2D eigenvalue weighted by Gasteiger charge is 2.25.